The van der Waals surface area contributed by atoms with Crippen LogP contribution in [0.5, 0.6) is 0 Å². The average molecular weight is 408 g/mol. The van der Waals surface area contributed by atoms with Crippen molar-refractivity contribution in [1.29, 1.82) is 0 Å². The molecule has 0 radical (unpaired) electrons. The number of benzene rings is 1. The van der Waals surface area contributed by atoms with Crippen molar-refractivity contribution in [3.63, 3.8) is 0 Å². The van der Waals surface area contributed by atoms with Crippen LogP contribution >= 0.6 is 0 Å². The Labute approximate surface area is 176 Å². The summed E-state index contributed by atoms with van der Waals surface area (Å²) in [6.07, 6.45) is 7.67. The largest absolute Gasteiger partial charge is 0.356 e. The first-order valence-corrected chi connectivity index (χ1v) is 11.1. The third kappa shape index (κ3) is 3.68. The van der Waals surface area contributed by atoms with E-state index in [9.17, 15) is 9.59 Å². The summed E-state index contributed by atoms with van der Waals surface area (Å²) >= 11 is 0. The van der Waals surface area contributed by atoms with Crippen molar-refractivity contribution >= 4 is 29.0 Å². The summed E-state index contributed by atoms with van der Waals surface area (Å²) in [6.45, 7) is 1.29. The van der Waals surface area contributed by atoms with Crippen molar-refractivity contribution in [2.75, 3.05) is 16.8 Å². The van der Waals surface area contributed by atoms with Gasteiger partial charge in [0.05, 0.1) is 24.1 Å². The number of carbonyl (C=O) groups is 2. The van der Waals surface area contributed by atoms with Crippen LogP contribution < -0.4 is 15.5 Å². The van der Waals surface area contributed by atoms with Crippen LogP contribution in [0.4, 0.5) is 17.2 Å². The lowest BCUT2D eigenvalue weighted by Gasteiger charge is -2.32. The van der Waals surface area contributed by atoms with Gasteiger partial charge >= 0.3 is 0 Å². The Balaban J connectivity index is 1.27. The van der Waals surface area contributed by atoms with E-state index in [1.54, 1.807) is 0 Å². The second kappa shape index (κ2) is 7.78. The highest BCUT2D eigenvalue weighted by Crippen LogP contribution is 2.38. The number of anilines is 3. The van der Waals surface area contributed by atoms with Crippen LogP contribution in [-0.4, -0.2) is 28.1 Å². The zero-order valence-electron chi connectivity index (χ0n) is 17.4. The zero-order chi connectivity index (χ0) is 20.7. The van der Waals surface area contributed by atoms with Gasteiger partial charge in [0.25, 0.3) is 0 Å². The number of aromatic nitrogens is 2. The summed E-state index contributed by atoms with van der Waals surface area (Å²) in [5, 5.41) is 10.9. The number of hydrogen-bond donors (Lipinski definition) is 2. The fraction of sp³-hybridized carbons (Fsp3) is 0.522. The molecular formula is C23H29N5O2. The highest BCUT2D eigenvalue weighted by Gasteiger charge is 2.34. The Kier molecular flexibility index (Phi) is 4.97. The van der Waals surface area contributed by atoms with Gasteiger partial charge in [-0.15, -0.1) is 0 Å². The SMILES string of the molecule is Cn1ncc2c1Nc1ccccc1N(C(=O)C1CCC(CNC(=O)C3CC3)CC1)C2. The lowest BCUT2D eigenvalue weighted by molar-refractivity contribution is -0.124. The fourth-order valence-corrected chi connectivity index (χ4v) is 4.72. The van der Waals surface area contributed by atoms with Crippen molar-refractivity contribution in [2.45, 2.75) is 45.1 Å². The number of hydrogen-bond acceptors (Lipinski definition) is 4. The molecule has 0 bridgehead atoms. The molecule has 2 amide bonds. The van der Waals surface area contributed by atoms with Gasteiger partial charge in [0.1, 0.15) is 5.82 Å². The number of rotatable bonds is 4. The third-order valence-corrected chi connectivity index (χ3v) is 6.77. The average Bonchev–Trinajstić information content (AvgIpc) is 3.58. The number of carbonyl (C=O) groups excluding carboxylic acids is 2. The standard InChI is InChI=1S/C23H29N5O2/c1-27-21-18(13-25-27)14-28(20-5-3-2-4-19(20)26-21)23(30)17-8-6-15(7-9-17)12-24-22(29)16-10-11-16/h2-5,13,15-17,26H,6-12,14H2,1H3,(H,24,29). The molecule has 7 heteroatoms. The van der Waals surface area contributed by atoms with Gasteiger partial charge in [-0.2, -0.15) is 5.10 Å². The van der Waals surface area contributed by atoms with E-state index < -0.39 is 0 Å². The number of amides is 2. The van der Waals surface area contributed by atoms with Crippen LogP contribution in [0.2, 0.25) is 0 Å². The Morgan fingerprint density at radius 3 is 2.60 bits per heavy atom. The summed E-state index contributed by atoms with van der Waals surface area (Å²) in [5.41, 5.74) is 2.89. The first kappa shape index (κ1) is 19.2. The first-order chi connectivity index (χ1) is 14.6. The summed E-state index contributed by atoms with van der Waals surface area (Å²) in [4.78, 5) is 27.4. The molecule has 1 aromatic carbocycles. The normalized spacial score (nSPS) is 23.0. The van der Waals surface area contributed by atoms with Crippen molar-refractivity contribution in [1.82, 2.24) is 15.1 Å². The number of para-hydroxylation sites is 2. The van der Waals surface area contributed by atoms with E-state index in [0.29, 0.717) is 12.5 Å². The summed E-state index contributed by atoms with van der Waals surface area (Å²) in [6, 6.07) is 7.99. The molecule has 158 valence electrons. The van der Waals surface area contributed by atoms with Crippen molar-refractivity contribution in [2.24, 2.45) is 24.8 Å². The monoisotopic (exact) mass is 407 g/mol. The van der Waals surface area contributed by atoms with E-state index in [2.05, 4.69) is 15.7 Å². The van der Waals surface area contributed by atoms with Crippen LogP contribution in [0.3, 0.4) is 0 Å². The molecule has 0 atom stereocenters. The molecule has 3 aliphatic rings. The maximum atomic E-state index is 13.6. The van der Waals surface area contributed by atoms with E-state index in [-0.39, 0.29) is 23.7 Å². The van der Waals surface area contributed by atoms with E-state index in [4.69, 9.17) is 0 Å². The minimum atomic E-state index is 0.0339. The molecular weight excluding hydrogens is 378 g/mol. The highest BCUT2D eigenvalue weighted by molar-refractivity contribution is 5.99. The van der Waals surface area contributed by atoms with Crippen molar-refractivity contribution < 1.29 is 9.59 Å². The fourth-order valence-electron chi connectivity index (χ4n) is 4.72. The van der Waals surface area contributed by atoms with Gasteiger partial charge < -0.3 is 15.5 Å². The van der Waals surface area contributed by atoms with Gasteiger partial charge in [-0.1, -0.05) is 12.1 Å². The Hall–Kier alpha value is -2.83. The minimum Gasteiger partial charge on any atom is -0.356 e. The van der Waals surface area contributed by atoms with Gasteiger partial charge in [-0.25, -0.2) is 0 Å². The minimum absolute atomic E-state index is 0.0339. The number of aryl methyl sites for hydroxylation is 1. The van der Waals surface area contributed by atoms with E-state index in [0.717, 1.165) is 67.8 Å². The predicted octanol–water partition coefficient (Wildman–Crippen LogP) is 3.34. The number of fused-ring (bicyclic) bond motifs is 2. The molecule has 2 fully saturated rings. The molecule has 7 nitrogen and oxygen atoms in total. The molecule has 2 aromatic rings. The van der Waals surface area contributed by atoms with E-state index >= 15 is 0 Å². The maximum absolute atomic E-state index is 13.6. The molecule has 0 unspecified atom stereocenters. The predicted molar refractivity (Wildman–Crippen MR) is 115 cm³/mol. The highest BCUT2D eigenvalue weighted by atomic mass is 16.2. The Bertz CT molecular complexity index is 956. The number of nitrogens with zero attached hydrogens (tertiary/aromatic N) is 3. The molecule has 0 saturated heterocycles. The molecule has 2 aliphatic carbocycles. The van der Waals surface area contributed by atoms with Crippen LogP contribution in [0, 0.1) is 17.8 Å². The lowest BCUT2D eigenvalue weighted by Crippen LogP contribution is -2.39. The van der Waals surface area contributed by atoms with Crippen molar-refractivity contribution in [3.8, 4) is 0 Å². The second-order valence-corrected chi connectivity index (χ2v) is 8.95. The first-order valence-electron chi connectivity index (χ1n) is 11.1. The molecule has 0 spiro atoms. The van der Waals surface area contributed by atoms with Gasteiger partial charge in [-0.05, 0) is 56.6 Å². The molecule has 1 aromatic heterocycles. The smallest absolute Gasteiger partial charge is 0.230 e. The quantitative estimate of drug-likeness (QED) is 0.815. The van der Waals surface area contributed by atoms with Gasteiger partial charge in [-0.3, -0.25) is 14.3 Å². The van der Waals surface area contributed by atoms with Crippen molar-refractivity contribution in [3.05, 3.63) is 36.0 Å². The zero-order valence-corrected chi connectivity index (χ0v) is 17.4. The molecule has 5 rings (SSSR count). The molecule has 2 N–H and O–H groups in total. The van der Waals surface area contributed by atoms with Crippen LogP contribution in [0.25, 0.3) is 0 Å². The van der Waals surface area contributed by atoms with Crippen LogP contribution in [0.15, 0.2) is 30.5 Å². The number of nitrogens with one attached hydrogen (secondary N) is 2. The van der Waals surface area contributed by atoms with E-state index in [1.165, 1.54) is 0 Å². The summed E-state index contributed by atoms with van der Waals surface area (Å²) < 4.78 is 1.82. The molecule has 30 heavy (non-hydrogen) atoms. The maximum Gasteiger partial charge on any atom is 0.230 e. The summed E-state index contributed by atoms with van der Waals surface area (Å²) in [7, 11) is 1.91. The Morgan fingerprint density at radius 2 is 1.83 bits per heavy atom. The summed E-state index contributed by atoms with van der Waals surface area (Å²) in [5.74, 6) is 2.13. The Morgan fingerprint density at radius 1 is 1.10 bits per heavy atom. The van der Waals surface area contributed by atoms with Gasteiger partial charge in [0.15, 0.2) is 0 Å². The van der Waals surface area contributed by atoms with Crippen LogP contribution in [-0.2, 0) is 23.2 Å². The van der Waals surface area contributed by atoms with E-state index in [1.807, 2.05) is 47.1 Å². The molecule has 2 heterocycles. The molecule has 1 aliphatic heterocycles. The molecule has 2 saturated carbocycles. The third-order valence-electron chi connectivity index (χ3n) is 6.77. The van der Waals surface area contributed by atoms with Gasteiger partial charge in [0, 0.05) is 31.0 Å². The van der Waals surface area contributed by atoms with Gasteiger partial charge in [0.2, 0.25) is 11.8 Å². The lowest BCUT2D eigenvalue weighted by atomic mass is 9.81. The second-order valence-electron chi connectivity index (χ2n) is 8.95. The van der Waals surface area contributed by atoms with Crippen LogP contribution in [0.1, 0.15) is 44.1 Å². The topological polar surface area (TPSA) is 79.3 Å².